The maximum absolute atomic E-state index is 10.0. The Morgan fingerprint density at radius 1 is 1.12 bits per heavy atom. The van der Waals surface area contributed by atoms with E-state index in [-0.39, 0.29) is 16.7 Å². The van der Waals surface area contributed by atoms with Gasteiger partial charge in [0.2, 0.25) is 0 Å². The van der Waals surface area contributed by atoms with Crippen LogP contribution in [0.4, 0.5) is 5.69 Å². The molecule has 0 unspecified atom stereocenters. The molecule has 6 nitrogen and oxygen atoms in total. The van der Waals surface area contributed by atoms with Gasteiger partial charge in [-0.25, -0.2) is 0 Å². The van der Waals surface area contributed by atoms with Crippen molar-refractivity contribution in [2.24, 2.45) is 11.3 Å². The molecule has 0 spiro atoms. The Morgan fingerprint density at radius 2 is 1.85 bits per heavy atom. The third-order valence-electron chi connectivity index (χ3n) is 6.62. The van der Waals surface area contributed by atoms with E-state index in [1.807, 2.05) is 6.07 Å². The minimum Gasteiger partial charge on any atom is -0.493 e. The molecule has 1 fully saturated rings. The quantitative estimate of drug-likeness (QED) is 0.382. The lowest BCUT2D eigenvalue weighted by atomic mass is 9.81. The summed E-state index contributed by atoms with van der Waals surface area (Å²) < 4.78 is 13.6. The second-order valence-electron chi connectivity index (χ2n) is 10.7. The van der Waals surface area contributed by atoms with Gasteiger partial charge in [0.05, 0.1) is 17.9 Å². The molecule has 0 aromatic heterocycles. The SMILES string of the molecule is CC(C)c1ccc2c(c1)CC(C)(C)CN2Sc1ccc(OCC2CCOCC2)c(C(O)(O)O)c1. The summed E-state index contributed by atoms with van der Waals surface area (Å²) in [5, 5.41) is 30.1. The fraction of sp³-hybridized carbons (Fsp3) is 0.556. The van der Waals surface area contributed by atoms with Crippen LogP contribution in [0.2, 0.25) is 0 Å². The predicted molar refractivity (Wildman–Crippen MR) is 135 cm³/mol. The van der Waals surface area contributed by atoms with E-state index in [2.05, 4.69) is 50.2 Å². The standard InChI is InChI=1S/C27H37NO5S/c1-18(2)20-5-7-24-21(13-20)15-26(3,4)17-28(24)34-22-6-8-25(23(14-22)27(29,30)31)33-16-19-9-11-32-12-10-19/h5-8,13-14,18-19,29-31H,9-12,15-17H2,1-4H3. The molecule has 1 saturated heterocycles. The summed E-state index contributed by atoms with van der Waals surface area (Å²) in [4.78, 5) is 0.798. The van der Waals surface area contributed by atoms with Crippen LogP contribution in [0, 0.1) is 11.3 Å². The van der Waals surface area contributed by atoms with Crippen LogP contribution in [0.25, 0.3) is 0 Å². The van der Waals surface area contributed by atoms with Crippen LogP contribution >= 0.6 is 11.9 Å². The summed E-state index contributed by atoms with van der Waals surface area (Å²) in [7, 11) is 0. The normalized spacial score (nSPS) is 18.8. The lowest BCUT2D eigenvalue weighted by molar-refractivity contribution is -0.324. The van der Waals surface area contributed by atoms with Gasteiger partial charge in [0.1, 0.15) is 5.75 Å². The van der Waals surface area contributed by atoms with Crippen LogP contribution in [-0.4, -0.2) is 41.7 Å². The first-order chi connectivity index (χ1) is 16.0. The van der Waals surface area contributed by atoms with Crippen molar-refractivity contribution in [3.8, 4) is 5.75 Å². The maximum Gasteiger partial charge on any atom is 0.308 e. The van der Waals surface area contributed by atoms with Gasteiger partial charge in [-0.2, -0.15) is 0 Å². The summed E-state index contributed by atoms with van der Waals surface area (Å²) in [6, 6.07) is 11.9. The number of anilines is 1. The van der Waals surface area contributed by atoms with Crippen molar-refractivity contribution in [1.29, 1.82) is 0 Å². The first-order valence-corrected chi connectivity index (χ1v) is 12.9. The van der Waals surface area contributed by atoms with E-state index in [0.29, 0.717) is 31.7 Å². The summed E-state index contributed by atoms with van der Waals surface area (Å²) >= 11 is 1.54. The maximum atomic E-state index is 10.0. The average Bonchev–Trinajstić information content (AvgIpc) is 2.77. The van der Waals surface area contributed by atoms with E-state index in [0.717, 1.165) is 30.7 Å². The molecule has 0 aliphatic carbocycles. The topological polar surface area (TPSA) is 82.4 Å². The van der Waals surface area contributed by atoms with E-state index in [4.69, 9.17) is 9.47 Å². The van der Waals surface area contributed by atoms with Crippen LogP contribution in [0.15, 0.2) is 41.3 Å². The summed E-state index contributed by atoms with van der Waals surface area (Å²) in [5.74, 6) is -1.87. The molecule has 2 aromatic carbocycles. The highest BCUT2D eigenvalue weighted by molar-refractivity contribution is 8.00. The highest BCUT2D eigenvalue weighted by Gasteiger charge is 2.32. The van der Waals surface area contributed by atoms with Crippen molar-refractivity contribution in [3.63, 3.8) is 0 Å². The molecule has 0 atom stereocenters. The monoisotopic (exact) mass is 487 g/mol. The molecule has 34 heavy (non-hydrogen) atoms. The van der Waals surface area contributed by atoms with E-state index in [1.54, 1.807) is 12.1 Å². The Labute approximate surface area is 207 Å². The zero-order valence-corrected chi connectivity index (χ0v) is 21.4. The van der Waals surface area contributed by atoms with Crippen molar-refractivity contribution in [3.05, 3.63) is 53.1 Å². The summed E-state index contributed by atoms with van der Waals surface area (Å²) in [5.41, 5.74) is 3.89. The van der Waals surface area contributed by atoms with Crippen molar-refractivity contribution < 1.29 is 24.8 Å². The number of fused-ring (bicyclic) bond motifs is 1. The molecule has 7 heteroatoms. The Hall–Kier alpha value is -1.77. The first kappa shape index (κ1) is 25.3. The molecule has 2 aromatic rings. The largest absolute Gasteiger partial charge is 0.493 e. The highest BCUT2D eigenvalue weighted by Crippen LogP contribution is 2.43. The number of nitrogens with zero attached hydrogens (tertiary/aromatic N) is 1. The van der Waals surface area contributed by atoms with Gasteiger partial charge in [-0.05, 0) is 83.9 Å². The second kappa shape index (κ2) is 10.1. The van der Waals surface area contributed by atoms with Gasteiger partial charge in [0.25, 0.3) is 0 Å². The smallest absolute Gasteiger partial charge is 0.308 e. The lowest BCUT2D eigenvalue weighted by Gasteiger charge is -2.40. The predicted octanol–water partition coefficient (Wildman–Crippen LogP) is 4.80. The third-order valence-corrected chi connectivity index (χ3v) is 7.63. The number of hydrogen-bond acceptors (Lipinski definition) is 7. The van der Waals surface area contributed by atoms with Crippen LogP contribution in [0.5, 0.6) is 5.75 Å². The van der Waals surface area contributed by atoms with Gasteiger partial charge < -0.3 is 29.1 Å². The Kier molecular flexibility index (Phi) is 7.50. The Morgan fingerprint density at radius 3 is 2.53 bits per heavy atom. The minimum atomic E-state index is -2.98. The molecule has 0 bridgehead atoms. The third kappa shape index (κ3) is 6.07. The van der Waals surface area contributed by atoms with Crippen LogP contribution in [0.3, 0.4) is 0 Å². The molecule has 3 N–H and O–H groups in total. The molecule has 4 rings (SSSR count). The number of hydrogen-bond donors (Lipinski definition) is 3. The molecule has 2 aliphatic heterocycles. The van der Waals surface area contributed by atoms with Gasteiger partial charge in [0.15, 0.2) is 0 Å². The average molecular weight is 488 g/mol. The highest BCUT2D eigenvalue weighted by atomic mass is 32.2. The summed E-state index contributed by atoms with van der Waals surface area (Å²) in [6.45, 7) is 11.7. The van der Waals surface area contributed by atoms with Crippen LogP contribution in [-0.2, 0) is 17.1 Å². The van der Waals surface area contributed by atoms with Gasteiger partial charge >= 0.3 is 5.97 Å². The molecule has 0 saturated carbocycles. The number of rotatable bonds is 7. The van der Waals surface area contributed by atoms with Gasteiger partial charge in [-0.1, -0.05) is 39.8 Å². The van der Waals surface area contributed by atoms with Gasteiger partial charge in [-0.15, -0.1) is 0 Å². The Bertz CT molecular complexity index is 995. The van der Waals surface area contributed by atoms with Crippen molar-refractivity contribution in [2.45, 2.75) is 63.7 Å². The molecule has 2 heterocycles. The van der Waals surface area contributed by atoms with E-state index in [9.17, 15) is 15.3 Å². The van der Waals surface area contributed by atoms with Crippen molar-refractivity contribution in [2.75, 3.05) is 30.7 Å². The van der Waals surface area contributed by atoms with Gasteiger partial charge in [-0.3, -0.25) is 0 Å². The van der Waals surface area contributed by atoms with E-state index < -0.39 is 5.97 Å². The van der Waals surface area contributed by atoms with E-state index >= 15 is 0 Å². The van der Waals surface area contributed by atoms with E-state index in [1.165, 1.54) is 28.8 Å². The molecular formula is C27H37NO5S. The minimum absolute atomic E-state index is 0.0452. The zero-order chi connectivity index (χ0) is 24.5. The zero-order valence-electron chi connectivity index (χ0n) is 20.6. The van der Waals surface area contributed by atoms with Crippen LogP contribution < -0.4 is 9.04 Å². The molecule has 186 valence electrons. The number of ether oxygens (including phenoxy) is 2. The fourth-order valence-electron chi connectivity index (χ4n) is 4.68. The fourth-order valence-corrected chi connectivity index (χ4v) is 5.92. The number of benzene rings is 2. The van der Waals surface area contributed by atoms with Crippen LogP contribution in [0.1, 0.15) is 63.1 Å². The second-order valence-corrected chi connectivity index (χ2v) is 11.8. The molecule has 0 amide bonds. The number of aliphatic hydroxyl groups is 3. The molecule has 2 aliphatic rings. The molecular weight excluding hydrogens is 450 g/mol. The Balaban J connectivity index is 1.57. The molecule has 0 radical (unpaired) electrons. The van der Waals surface area contributed by atoms with Crippen molar-refractivity contribution >= 4 is 17.6 Å². The van der Waals surface area contributed by atoms with Gasteiger partial charge in [0, 0.05) is 24.7 Å². The van der Waals surface area contributed by atoms with Crippen molar-refractivity contribution in [1.82, 2.24) is 0 Å². The first-order valence-electron chi connectivity index (χ1n) is 12.1. The lowest BCUT2D eigenvalue weighted by Crippen LogP contribution is -2.36. The summed E-state index contributed by atoms with van der Waals surface area (Å²) in [6.07, 6.45) is 2.83.